The number of anilines is 1. The Hall–Kier alpha value is -2.17. The average molecular weight is 460 g/mol. The van der Waals surface area contributed by atoms with Crippen molar-refractivity contribution in [2.24, 2.45) is 5.73 Å². The van der Waals surface area contributed by atoms with E-state index in [0.717, 1.165) is 29.8 Å². The summed E-state index contributed by atoms with van der Waals surface area (Å²) in [7, 11) is -1.93. The van der Waals surface area contributed by atoms with Crippen molar-refractivity contribution in [1.82, 2.24) is 14.7 Å². The second-order valence-electron chi connectivity index (χ2n) is 8.39. The molecule has 0 amide bonds. The fourth-order valence-electron chi connectivity index (χ4n) is 4.25. The fourth-order valence-corrected chi connectivity index (χ4v) is 5.88. The van der Waals surface area contributed by atoms with Crippen molar-refractivity contribution in [3.63, 3.8) is 0 Å². The van der Waals surface area contributed by atoms with Crippen LogP contribution in [0.1, 0.15) is 31.2 Å². The monoisotopic (exact) mass is 459 g/mol. The van der Waals surface area contributed by atoms with Crippen LogP contribution in [0.25, 0.3) is 0 Å². The highest BCUT2D eigenvalue weighted by atomic mass is 32.2. The molecular formula is C23H33N5O3S. The summed E-state index contributed by atoms with van der Waals surface area (Å²) in [6.45, 7) is 4.19. The van der Waals surface area contributed by atoms with Gasteiger partial charge in [-0.2, -0.15) is 0 Å². The Balaban J connectivity index is 1.27. The highest BCUT2D eigenvalue weighted by Crippen LogP contribution is 2.32. The van der Waals surface area contributed by atoms with E-state index >= 15 is 0 Å². The van der Waals surface area contributed by atoms with Gasteiger partial charge in [-0.3, -0.25) is 10.6 Å². The van der Waals surface area contributed by atoms with Gasteiger partial charge in [-0.15, -0.1) is 0 Å². The minimum Gasteiger partial charge on any atom is -0.494 e. The second-order valence-corrected chi connectivity index (χ2v) is 10.2. The highest BCUT2D eigenvalue weighted by molar-refractivity contribution is 7.89. The van der Waals surface area contributed by atoms with E-state index in [4.69, 9.17) is 10.5 Å². The second kappa shape index (κ2) is 10.2. The molecular weight excluding hydrogens is 426 g/mol. The van der Waals surface area contributed by atoms with Crippen LogP contribution in [0, 0.1) is 0 Å². The van der Waals surface area contributed by atoms with Gasteiger partial charge in [0, 0.05) is 20.1 Å². The molecule has 32 heavy (non-hydrogen) atoms. The summed E-state index contributed by atoms with van der Waals surface area (Å²) in [5, 5.41) is 0. The number of hydrogen-bond acceptors (Lipinski definition) is 7. The molecule has 9 heteroatoms. The minimum atomic E-state index is -3.71. The summed E-state index contributed by atoms with van der Waals surface area (Å²) in [6, 6.07) is 15.1. The Labute approximate surface area is 191 Å². The number of nitrogens with zero attached hydrogens (tertiary/aromatic N) is 3. The maximum atomic E-state index is 13.0. The van der Waals surface area contributed by atoms with Gasteiger partial charge in [0.25, 0.3) is 10.0 Å². The molecule has 2 heterocycles. The van der Waals surface area contributed by atoms with Crippen LogP contribution in [0.2, 0.25) is 0 Å². The molecule has 3 N–H and O–H groups in total. The zero-order valence-electron chi connectivity index (χ0n) is 18.6. The molecule has 1 saturated heterocycles. The number of hydrazine groups is 1. The number of fused-ring (bicyclic) bond motifs is 1. The van der Waals surface area contributed by atoms with Gasteiger partial charge >= 0.3 is 0 Å². The first-order chi connectivity index (χ1) is 15.5. The number of ether oxygens (including phenoxy) is 1. The maximum Gasteiger partial charge on any atom is 0.260 e. The van der Waals surface area contributed by atoms with Gasteiger partial charge in [-0.05, 0) is 62.2 Å². The first-order valence-corrected chi connectivity index (χ1v) is 12.7. The third-order valence-electron chi connectivity index (χ3n) is 6.03. The number of piperidine rings is 1. The predicted molar refractivity (Wildman–Crippen MR) is 126 cm³/mol. The first kappa shape index (κ1) is 23.0. The molecule has 8 nitrogen and oxygen atoms in total. The molecule has 2 aliphatic heterocycles. The zero-order valence-corrected chi connectivity index (χ0v) is 19.4. The average Bonchev–Trinajstić information content (AvgIpc) is 2.80. The molecule has 0 saturated carbocycles. The lowest BCUT2D eigenvalue weighted by molar-refractivity contribution is 0.219. The Morgan fingerprint density at radius 2 is 1.88 bits per heavy atom. The lowest BCUT2D eigenvalue weighted by atomic mass is 10.1. The summed E-state index contributed by atoms with van der Waals surface area (Å²) >= 11 is 0. The van der Waals surface area contributed by atoms with E-state index in [2.05, 4.69) is 22.5 Å². The smallest absolute Gasteiger partial charge is 0.260 e. The van der Waals surface area contributed by atoms with Crippen molar-refractivity contribution in [2.75, 3.05) is 38.2 Å². The van der Waals surface area contributed by atoms with Crippen LogP contribution in [-0.2, 0) is 16.6 Å². The van der Waals surface area contributed by atoms with E-state index in [9.17, 15) is 8.42 Å². The normalized spacial score (nSPS) is 21.3. The van der Waals surface area contributed by atoms with Gasteiger partial charge in [0.2, 0.25) is 0 Å². The van der Waals surface area contributed by atoms with Gasteiger partial charge < -0.3 is 9.64 Å². The largest absolute Gasteiger partial charge is 0.494 e. The van der Waals surface area contributed by atoms with E-state index < -0.39 is 16.3 Å². The topological polar surface area (TPSA) is 91.1 Å². The first-order valence-electron chi connectivity index (χ1n) is 11.3. The van der Waals surface area contributed by atoms with E-state index in [-0.39, 0.29) is 4.90 Å². The number of para-hydroxylation sites is 1. The van der Waals surface area contributed by atoms with Crippen molar-refractivity contribution < 1.29 is 13.2 Å². The summed E-state index contributed by atoms with van der Waals surface area (Å²) in [4.78, 5) is 4.48. The lowest BCUT2D eigenvalue weighted by Crippen LogP contribution is -2.63. The van der Waals surface area contributed by atoms with Crippen LogP contribution in [0.4, 0.5) is 5.69 Å². The minimum absolute atomic E-state index is 0.249. The quantitative estimate of drug-likeness (QED) is 0.586. The molecule has 1 atom stereocenters. The van der Waals surface area contributed by atoms with Crippen molar-refractivity contribution in [3.8, 4) is 5.75 Å². The maximum absolute atomic E-state index is 13.0. The fraction of sp³-hybridized carbons (Fsp3) is 0.478. The van der Waals surface area contributed by atoms with Gasteiger partial charge in [0.15, 0.2) is 6.29 Å². The molecule has 2 aromatic rings. The summed E-state index contributed by atoms with van der Waals surface area (Å²) in [6.07, 6.45) is 3.71. The number of benzene rings is 2. The molecule has 0 spiro atoms. The molecule has 4 rings (SSSR count). The summed E-state index contributed by atoms with van der Waals surface area (Å²) in [5.74, 6) is 0.843. The number of hydrogen-bond donors (Lipinski definition) is 2. The standard InChI is InChI=1S/C23H33N5O3S/c1-26-21-11-3-4-12-22(21)32(29,30)28(23(26)24)25-13-8-16-31-20-10-7-9-19(17-20)18-27-14-5-2-6-15-27/h3-4,7,9-12,17,23,25H,2,5-6,8,13-16,18,24H2,1H3. The van der Waals surface area contributed by atoms with E-state index in [1.165, 1.54) is 24.8 Å². The lowest BCUT2D eigenvalue weighted by Gasteiger charge is -2.40. The third kappa shape index (κ3) is 5.07. The van der Waals surface area contributed by atoms with Crippen LogP contribution in [0.3, 0.4) is 0 Å². The van der Waals surface area contributed by atoms with Crippen molar-refractivity contribution in [1.29, 1.82) is 0 Å². The van der Waals surface area contributed by atoms with Gasteiger partial charge in [0.1, 0.15) is 10.6 Å². The predicted octanol–water partition coefficient (Wildman–Crippen LogP) is 2.33. The van der Waals surface area contributed by atoms with Crippen molar-refractivity contribution in [3.05, 3.63) is 54.1 Å². The number of sulfonamides is 1. The molecule has 0 aromatic heterocycles. The Bertz CT molecular complexity index is 1010. The Morgan fingerprint density at radius 3 is 2.69 bits per heavy atom. The highest BCUT2D eigenvalue weighted by Gasteiger charge is 2.39. The Morgan fingerprint density at radius 1 is 1.09 bits per heavy atom. The Kier molecular flexibility index (Phi) is 7.32. The number of nitrogens with one attached hydrogen (secondary N) is 1. The van der Waals surface area contributed by atoms with Gasteiger partial charge in [-0.25, -0.2) is 13.8 Å². The van der Waals surface area contributed by atoms with Gasteiger partial charge in [0.05, 0.1) is 12.3 Å². The van der Waals surface area contributed by atoms with Crippen LogP contribution >= 0.6 is 0 Å². The van der Waals surface area contributed by atoms with E-state index in [0.29, 0.717) is 25.3 Å². The molecule has 1 fully saturated rings. The van der Waals surface area contributed by atoms with Crippen molar-refractivity contribution in [2.45, 2.75) is 43.4 Å². The molecule has 2 aliphatic rings. The molecule has 0 aliphatic carbocycles. The van der Waals surface area contributed by atoms with Crippen LogP contribution < -0.4 is 20.8 Å². The molecule has 0 radical (unpaired) electrons. The molecule has 174 valence electrons. The van der Waals surface area contributed by atoms with Crippen molar-refractivity contribution >= 4 is 15.7 Å². The zero-order chi connectivity index (χ0) is 22.6. The number of rotatable bonds is 8. The molecule has 1 unspecified atom stereocenters. The van der Waals surface area contributed by atoms with Crippen LogP contribution in [0.5, 0.6) is 5.75 Å². The van der Waals surface area contributed by atoms with Crippen LogP contribution in [0.15, 0.2) is 53.4 Å². The van der Waals surface area contributed by atoms with Gasteiger partial charge in [-0.1, -0.05) is 35.1 Å². The summed E-state index contributed by atoms with van der Waals surface area (Å²) < 4.78 is 33.0. The van der Waals surface area contributed by atoms with E-state index in [1.807, 2.05) is 12.1 Å². The third-order valence-corrected chi connectivity index (χ3v) is 7.79. The number of likely N-dealkylation sites (tertiary alicyclic amines) is 1. The molecule has 0 bridgehead atoms. The van der Waals surface area contributed by atoms with Crippen LogP contribution in [-0.4, -0.2) is 57.3 Å². The SMILES string of the molecule is CN1c2ccccc2S(=O)(=O)N(NCCCOc2cccc(CN3CCCCC3)c2)C1N. The van der Waals surface area contributed by atoms with E-state index in [1.54, 1.807) is 36.2 Å². The number of nitrogens with two attached hydrogens (primary N) is 1. The molecule has 2 aromatic carbocycles. The summed E-state index contributed by atoms with van der Waals surface area (Å²) in [5.41, 5.74) is 11.0.